The summed E-state index contributed by atoms with van der Waals surface area (Å²) in [6.07, 6.45) is 0.646. The molecule has 13 heavy (non-hydrogen) atoms. The summed E-state index contributed by atoms with van der Waals surface area (Å²) in [7, 11) is 0. The predicted octanol–water partition coefficient (Wildman–Crippen LogP) is 0.638. The molecule has 76 valence electrons. The van der Waals surface area contributed by atoms with Crippen molar-refractivity contribution in [2.75, 3.05) is 13.2 Å². The highest BCUT2D eigenvalue weighted by Gasteiger charge is 2.05. The molecular formula is C8H16N2O3. The molecular weight excluding hydrogens is 172 g/mol. The maximum absolute atomic E-state index is 10.9. The number of hydrogen-bond acceptors (Lipinski definition) is 5. The van der Waals surface area contributed by atoms with Crippen LogP contribution < -0.4 is 5.84 Å². The van der Waals surface area contributed by atoms with Gasteiger partial charge in [-0.15, -0.1) is 5.10 Å². The van der Waals surface area contributed by atoms with Gasteiger partial charge in [0.05, 0.1) is 19.6 Å². The van der Waals surface area contributed by atoms with Crippen molar-refractivity contribution in [1.82, 2.24) is 0 Å². The first-order valence-corrected chi connectivity index (χ1v) is 4.29. The molecule has 0 aliphatic heterocycles. The van der Waals surface area contributed by atoms with Crippen LogP contribution in [0.25, 0.3) is 0 Å². The molecule has 0 saturated heterocycles. The number of carbonyl (C=O) groups excluding carboxylic acids is 1. The van der Waals surface area contributed by atoms with Crippen molar-refractivity contribution in [2.24, 2.45) is 10.9 Å². The number of hydrogen-bond donors (Lipinski definition) is 1. The Morgan fingerprint density at radius 3 is 2.31 bits per heavy atom. The average Bonchev–Trinajstić information content (AvgIpc) is 2.12. The molecule has 0 atom stereocenters. The molecule has 5 nitrogen and oxygen atoms in total. The first-order valence-electron chi connectivity index (χ1n) is 4.29. The van der Waals surface area contributed by atoms with E-state index < -0.39 is 0 Å². The van der Waals surface area contributed by atoms with Crippen molar-refractivity contribution >= 4 is 11.9 Å². The molecule has 0 heterocycles. The summed E-state index contributed by atoms with van der Waals surface area (Å²) in [6.45, 7) is 4.48. The van der Waals surface area contributed by atoms with Gasteiger partial charge in [-0.3, -0.25) is 4.79 Å². The van der Waals surface area contributed by atoms with Gasteiger partial charge < -0.3 is 15.3 Å². The maximum Gasteiger partial charge on any atom is 0.306 e. The van der Waals surface area contributed by atoms with E-state index in [-0.39, 0.29) is 12.4 Å². The SMILES string of the molecule is CCOC(=O)CCC(=NN)OCC. The van der Waals surface area contributed by atoms with Crippen LogP contribution in [0.5, 0.6) is 0 Å². The van der Waals surface area contributed by atoms with Crippen molar-refractivity contribution in [3.05, 3.63) is 0 Å². The fraction of sp³-hybridized carbons (Fsp3) is 0.750. The van der Waals surface area contributed by atoms with Gasteiger partial charge in [0, 0.05) is 6.42 Å². The van der Waals surface area contributed by atoms with Crippen LogP contribution in [-0.2, 0) is 14.3 Å². The molecule has 5 heteroatoms. The molecule has 0 aliphatic carbocycles. The molecule has 0 saturated carbocycles. The molecule has 0 bridgehead atoms. The number of nitrogens with two attached hydrogens (primary N) is 1. The number of carbonyl (C=O) groups is 1. The van der Waals surface area contributed by atoms with E-state index in [9.17, 15) is 4.79 Å². The smallest absolute Gasteiger partial charge is 0.306 e. The molecule has 0 aliphatic rings. The largest absolute Gasteiger partial charge is 0.480 e. The molecule has 0 aromatic carbocycles. The van der Waals surface area contributed by atoms with Gasteiger partial charge in [-0.1, -0.05) is 0 Å². The second kappa shape index (κ2) is 7.39. The molecule has 0 unspecified atom stereocenters. The Morgan fingerprint density at radius 1 is 1.23 bits per heavy atom. The zero-order valence-electron chi connectivity index (χ0n) is 8.08. The summed E-state index contributed by atoms with van der Waals surface area (Å²) in [5, 5.41) is 3.40. The predicted molar refractivity (Wildman–Crippen MR) is 49.1 cm³/mol. The van der Waals surface area contributed by atoms with E-state index in [1.54, 1.807) is 6.92 Å². The fourth-order valence-electron chi connectivity index (χ4n) is 0.783. The van der Waals surface area contributed by atoms with Gasteiger partial charge in [0.25, 0.3) is 0 Å². The lowest BCUT2D eigenvalue weighted by Crippen LogP contribution is -2.12. The van der Waals surface area contributed by atoms with Crippen molar-refractivity contribution in [1.29, 1.82) is 0 Å². The van der Waals surface area contributed by atoms with Gasteiger partial charge in [-0.2, -0.15) is 0 Å². The molecule has 0 rings (SSSR count). The van der Waals surface area contributed by atoms with E-state index in [0.717, 1.165) is 0 Å². The third kappa shape index (κ3) is 5.95. The van der Waals surface area contributed by atoms with Crippen LogP contribution in [0.1, 0.15) is 26.7 Å². The van der Waals surface area contributed by atoms with Gasteiger partial charge in [-0.25, -0.2) is 0 Å². The van der Waals surface area contributed by atoms with Crippen LogP contribution >= 0.6 is 0 Å². The van der Waals surface area contributed by atoms with Gasteiger partial charge in [0.1, 0.15) is 0 Å². The van der Waals surface area contributed by atoms with Gasteiger partial charge in [0.15, 0.2) is 0 Å². The van der Waals surface area contributed by atoms with E-state index in [1.807, 2.05) is 6.92 Å². The van der Waals surface area contributed by atoms with Crippen LogP contribution in [0, 0.1) is 0 Å². The number of nitrogens with zero attached hydrogens (tertiary/aromatic N) is 1. The quantitative estimate of drug-likeness (QED) is 0.226. The normalized spacial score (nSPS) is 11.1. The monoisotopic (exact) mass is 188 g/mol. The topological polar surface area (TPSA) is 73.9 Å². The Hall–Kier alpha value is -1.26. The molecule has 0 aromatic rings. The lowest BCUT2D eigenvalue weighted by Gasteiger charge is -2.05. The molecule has 0 radical (unpaired) electrons. The molecule has 0 aromatic heterocycles. The molecule has 0 fully saturated rings. The highest BCUT2D eigenvalue weighted by atomic mass is 16.5. The van der Waals surface area contributed by atoms with Gasteiger partial charge >= 0.3 is 5.97 Å². The standard InChI is InChI=1S/C8H16N2O3/c1-3-12-7(10-9)5-6-8(11)13-4-2/h3-6,9H2,1-2H3. The second-order valence-corrected chi connectivity index (χ2v) is 2.26. The minimum absolute atomic E-state index is 0.254. The van der Waals surface area contributed by atoms with Crippen molar-refractivity contribution in [3.8, 4) is 0 Å². The first-order chi connectivity index (χ1) is 6.24. The minimum atomic E-state index is -0.261. The zero-order chi connectivity index (χ0) is 10.1. The highest BCUT2D eigenvalue weighted by molar-refractivity contribution is 5.81. The van der Waals surface area contributed by atoms with Crippen LogP contribution in [0.15, 0.2) is 5.10 Å². The van der Waals surface area contributed by atoms with Crippen molar-refractivity contribution in [2.45, 2.75) is 26.7 Å². The van der Waals surface area contributed by atoms with E-state index in [1.165, 1.54) is 0 Å². The summed E-state index contributed by atoms with van der Waals surface area (Å²) in [5.41, 5.74) is 0. The first kappa shape index (κ1) is 11.7. The Morgan fingerprint density at radius 2 is 1.85 bits per heavy atom. The highest BCUT2D eigenvalue weighted by Crippen LogP contribution is 1.96. The average molecular weight is 188 g/mol. The fourth-order valence-corrected chi connectivity index (χ4v) is 0.783. The molecule has 2 N–H and O–H groups in total. The van der Waals surface area contributed by atoms with E-state index >= 15 is 0 Å². The van der Waals surface area contributed by atoms with Gasteiger partial charge in [0.2, 0.25) is 5.90 Å². The molecule has 0 spiro atoms. The van der Waals surface area contributed by atoms with Gasteiger partial charge in [-0.05, 0) is 13.8 Å². The minimum Gasteiger partial charge on any atom is -0.480 e. The molecule has 0 amide bonds. The van der Waals surface area contributed by atoms with Crippen LogP contribution in [0.3, 0.4) is 0 Å². The van der Waals surface area contributed by atoms with Crippen LogP contribution in [-0.4, -0.2) is 25.1 Å². The number of esters is 1. The third-order valence-electron chi connectivity index (χ3n) is 1.30. The van der Waals surface area contributed by atoms with Crippen LogP contribution in [0.2, 0.25) is 0 Å². The summed E-state index contributed by atoms with van der Waals surface area (Å²) in [6, 6.07) is 0. The zero-order valence-corrected chi connectivity index (χ0v) is 8.08. The maximum atomic E-state index is 10.9. The van der Waals surface area contributed by atoms with E-state index in [2.05, 4.69) is 5.10 Å². The van der Waals surface area contributed by atoms with Crippen molar-refractivity contribution < 1.29 is 14.3 Å². The van der Waals surface area contributed by atoms with E-state index in [0.29, 0.717) is 25.5 Å². The van der Waals surface area contributed by atoms with Crippen LogP contribution in [0.4, 0.5) is 0 Å². The Kier molecular flexibility index (Phi) is 6.68. The second-order valence-electron chi connectivity index (χ2n) is 2.26. The number of hydrazone groups is 1. The Balaban J connectivity index is 3.66. The Labute approximate surface area is 77.9 Å². The summed E-state index contributed by atoms with van der Waals surface area (Å²) >= 11 is 0. The lowest BCUT2D eigenvalue weighted by atomic mass is 10.3. The Bertz CT molecular complexity index is 180. The number of rotatable bonds is 5. The summed E-state index contributed by atoms with van der Waals surface area (Å²) in [4.78, 5) is 10.9. The van der Waals surface area contributed by atoms with E-state index in [4.69, 9.17) is 15.3 Å². The summed E-state index contributed by atoms with van der Waals surface area (Å²) in [5.74, 6) is 5.15. The van der Waals surface area contributed by atoms with Crippen molar-refractivity contribution in [3.63, 3.8) is 0 Å². The lowest BCUT2D eigenvalue weighted by molar-refractivity contribution is -0.142. The number of ether oxygens (including phenoxy) is 2. The third-order valence-corrected chi connectivity index (χ3v) is 1.30. The summed E-state index contributed by atoms with van der Waals surface area (Å²) < 4.78 is 9.76.